The molecule has 0 atom stereocenters. The molecular formula is C13H27N3O. The Hall–Kier alpha value is -0.610. The smallest absolute Gasteiger partial charge is 0.242 e. The summed E-state index contributed by atoms with van der Waals surface area (Å²) in [6.07, 6.45) is 3.55. The third-order valence-electron chi connectivity index (χ3n) is 4.17. The van der Waals surface area contributed by atoms with E-state index in [0.29, 0.717) is 6.04 Å². The van der Waals surface area contributed by atoms with Gasteiger partial charge in [-0.05, 0) is 39.8 Å². The summed E-state index contributed by atoms with van der Waals surface area (Å²) in [6.45, 7) is 5.68. The lowest BCUT2D eigenvalue weighted by Crippen LogP contribution is -2.57. The number of hydrogen-bond acceptors (Lipinski definition) is 3. The van der Waals surface area contributed by atoms with Gasteiger partial charge in [-0.2, -0.15) is 0 Å². The largest absolute Gasteiger partial charge is 0.341 e. The van der Waals surface area contributed by atoms with Gasteiger partial charge in [0.15, 0.2) is 0 Å². The number of piperidine rings is 1. The summed E-state index contributed by atoms with van der Waals surface area (Å²) in [4.78, 5) is 16.5. The lowest BCUT2D eigenvalue weighted by atomic mass is 9.91. The van der Waals surface area contributed by atoms with Crippen molar-refractivity contribution in [1.29, 1.82) is 0 Å². The zero-order valence-corrected chi connectivity index (χ0v) is 11.7. The number of nitrogens with zero attached hydrogens (tertiary/aromatic N) is 2. The van der Waals surface area contributed by atoms with Crippen LogP contribution in [0.2, 0.25) is 0 Å². The highest BCUT2D eigenvalue weighted by molar-refractivity contribution is 5.86. The average molecular weight is 241 g/mol. The minimum atomic E-state index is -0.648. The summed E-state index contributed by atoms with van der Waals surface area (Å²) in [5.41, 5.74) is 5.52. The van der Waals surface area contributed by atoms with Crippen molar-refractivity contribution < 1.29 is 4.79 Å². The Morgan fingerprint density at radius 3 is 2.12 bits per heavy atom. The molecule has 100 valence electrons. The standard InChI is InChI=1S/C13H27N3O/c1-5-13(14,6-2)12(17)16-9-7-11(8-10-16)15(3)4/h11H,5-10,14H2,1-4H3. The first-order chi connectivity index (χ1) is 7.94. The van der Waals surface area contributed by atoms with Crippen LogP contribution in [0.15, 0.2) is 0 Å². The number of hydrogen-bond donors (Lipinski definition) is 1. The van der Waals surface area contributed by atoms with E-state index in [-0.39, 0.29) is 5.91 Å². The molecule has 1 rings (SSSR count). The van der Waals surface area contributed by atoms with E-state index in [1.54, 1.807) is 0 Å². The van der Waals surface area contributed by atoms with Crippen molar-refractivity contribution in [3.8, 4) is 0 Å². The Morgan fingerprint density at radius 1 is 1.29 bits per heavy atom. The molecule has 1 aliphatic heterocycles. The second-order valence-corrected chi connectivity index (χ2v) is 5.35. The molecule has 0 bridgehead atoms. The summed E-state index contributed by atoms with van der Waals surface area (Å²) >= 11 is 0. The fraction of sp³-hybridized carbons (Fsp3) is 0.923. The van der Waals surface area contributed by atoms with Crippen LogP contribution in [-0.4, -0.2) is 54.5 Å². The second kappa shape index (κ2) is 5.83. The van der Waals surface area contributed by atoms with Gasteiger partial charge in [-0.15, -0.1) is 0 Å². The Labute approximate surface area is 105 Å². The lowest BCUT2D eigenvalue weighted by molar-refractivity contribution is -0.138. The molecule has 0 spiro atoms. The van der Waals surface area contributed by atoms with Crippen LogP contribution in [0.5, 0.6) is 0 Å². The molecule has 2 N–H and O–H groups in total. The topological polar surface area (TPSA) is 49.6 Å². The number of carbonyl (C=O) groups is 1. The third-order valence-corrected chi connectivity index (χ3v) is 4.17. The predicted octanol–water partition coefficient (Wildman–Crippen LogP) is 1.06. The highest BCUT2D eigenvalue weighted by Crippen LogP contribution is 2.20. The van der Waals surface area contributed by atoms with E-state index in [0.717, 1.165) is 38.8 Å². The van der Waals surface area contributed by atoms with Crippen LogP contribution in [0.25, 0.3) is 0 Å². The molecule has 1 fully saturated rings. The van der Waals surface area contributed by atoms with Gasteiger partial charge in [0.25, 0.3) is 0 Å². The van der Waals surface area contributed by atoms with Crippen molar-refractivity contribution >= 4 is 5.91 Å². The Morgan fingerprint density at radius 2 is 1.76 bits per heavy atom. The number of rotatable bonds is 4. The Bertz CT molecular complexity index is 253. The van der Waals surface area contributed by atoms with Crippen LogP contribution in [0.3, 0.4) is 0 Å². The zero-order valence-electron chi connectivity index (χ0n) is 11.7. The quantitative estimate of drug-likeness (QED) is 0.800. The van der Waals surface area contributed by atoms with Crippen molar-refractivity contribution in [2.45, 2.75) is 51.1 Å². The van der Waals surface area contributed by atoms with E-state index >= 15 is 0 Å². The molecule has 0 saturated carbocycles. The summed E-state index contributed by atoms with van der Waals surface area (Å²) in [5.74, 6) is 0.139. The first kappa shape index (κ1) is 14.5. The van der Waals surface area contributed by atoms with E-state index in [1.165, 1.54) is 0 Å². The normalized spacial score (nSPS) is 18.8. The van der Waals surface area contributed by atoms with Gasteiger partial charge in [-0.3, -0.25) is 4.79 Å². The first-order valence-electron chi connectivity index (χ1n) is 6.69. The fourth-order valence-electron chi connectivity index (χ4n) is 2.45. The maximum absolute atomic E-state index is 12.3. The summed E-state index contributed by atoms with van der Waals surface area (Å²) in [6, 6.07) is 0.606. The van der Waals surface area contributed by atoms with Gasteiger partial charge < -0.3 is 15.5 Å². The Balaban J connectivity index is 2.57. The molecule has 4 nitrogen and oxygen atoms in total. The van der Waals surface area contributed by atoms with Gasteiger partial charge in [-0.25, -0.2) is 0 Å². The molecule has 1 heterocycles. The average Bonchev–Trinajstić information content (AvgIpc) is 2.37. The molecule has 0 radical (unpaired) electrons. The highest BCUT2D eigenvalue weighted by atomic mass is 16.2. The first-order valence-corrected chi connectivity index (χ1v) is 6.69. The minimum absolute atomic E-state index is 0.139. The predicted molar refractivity (Wildman–Crippen MR) is 70.8 cm³/mol. The van der Waals surface area contributed by atoms with Crippen molar-refractivity contribution in [3.63, 3.8) is 0 Å². The van der Waals surface area contributed by atoms with Gasteiger partial charge >= 0.3 is 0 Å². The van der Waals surface area contributed by atoms with Crippen LogP contribution in [0.1, 0.15) is 39.5 Å². The van der Waals surface area contributed by atoms with E-state index in [2.05, 4.69) is 19.0 Å². The molecule has 0 aromatic carbocycles. The Kier molecular flexibility index (Phi) is 4.95. The molecule has 0 aliphatic carbocycles. The molecule has 17 heavy (non-hydrogen) atoms. The molecule has 0 unspecified atom stereocenters. The molecule has 0 aromatic rings. The number of likely N-dealkylation sites (tertiary alicyclic amines) is 1. The maximum Gasteiger partial charge on any atom is 0.242 e. The monoisotopic (exact) mass is 241 g/mol. The molecular weight excluding hydrogens is 214 g/mol. The summed E-state index contributed by atoms with van der Waals surface area (Å²) < 4.78 is 0. The molecule has 1 saturated heterocycles. The second-order valence-electron chi connectivity index (χ2n) is 5.35. The van der Waals surface area contributed by atoms with Crippen molar-refractivity contribution in [2.75, 3.05) is 27.2 Å². The van der Waals surface area contributed by atoms with Gasteiger partial charge in [0.2, 0.25) is 5.91 Å². The van der Waals surface area contributed by atoms with Gasteiger partial charge in [-0.1, -0.05) is 13.8 Å². The third kappa shape index (κ3) is 3.19. The van der Waals surface area contributed by atoms with Gasteiger partial charge in [0, 0.05) is 19.1 Å². The highest BCUT2D eigenvalue weighted by Gasteiger charge is 2.35. The molecule has 4 heteroatoms. The van der Waals surface area contributed by atoms with Crippen LogP contribution < -0.4 is 5.73 Å². The zero-order chi connectivity index (χ0) is 13.1. The van der Waals surface area contributed by atoms with Crippen LogP contribution in [0, 0.1) is 0 Å². The van der Waals surface area contributed by atoms with Crippen molar-refractivity contribution in [2.24, 2.45) is 5.73 Å². The van der Waals surface area contributed by atoms with E-state index in [9.17, 15) is 4.79 Å². The molecule has 1 aliphatic rings. The number of amides is 1. The van der Waals surface area contributed by atoms with Crippen molar-refractivity contribution in [1.82, 2.24) is 9.80 Å². The molecule has 1 amide bonds. The van der Waals surface area contributed by atoms with Crippen LogP contribution >= 0.6 is 0 Å². The van der Waals surface area contributed by atoms with E-state index in [4.69, 9.17) is 5.73 Å². The SMILES string of the molecule is CCC(N)(CC)C(=O)N1CCC(N(C)C)CC1. The van der Waals surface area contributed by atoms with Gasteiger partial charge in [0.1, 0.15) is 0 Å². The van der Waals surface area contributed by atoms with Gasteiger partial charge in [0.05, 0.1) is 5.54 Å². The summed E-state index contributed by atoms with van der Waals surface area (Å²) in [7, 11) is 4.21. The lowest BCUT2D eigenvalue weighted by Gasteiger charge is -2.39. The maximum atomic E-state index is 12.3. The van der Waals surface area contributed by atoms with E-state index in [1.807, 2.05) is 18.7 Å². The fourth-order valence-corrected chi connectivity index (χ4v) is 2.45. The summed E-state index contributed by atoms with van der Waals surface area (Å²) in [5, 5.41) is 0. The van der Waals surface area contributed by atoms with E-state index < -0.39 is 5.54 Å². The van der Waals surface area contributed by atoms with Crippen LogP contribution in [-0.2, 0) is 4.79 Å². The van der Waals surface area contributed by atoms with Crippen molar-refractivity contribution in [3.05, 3.63) is 0 Å². The minimum Gasteiger partial charge on any atom is -0.341 e. The van der Waals surface area contributed by atoms with Crippen LogP contribution in [0.4, 0.5) is 0 Å². The molecule has 0 aromatic heterocycles. The number of nitrogens with two attached hydrogens (primary N) is 1. The number of carbonyl (C=O) groups excluding carboxylic acids is 1.